The number of aldehydes is 1. The molecule has 1 aliphatic rings. The van der Waals surface area contributed by atoms with Crippen LogP contribution in [0.2, 0.25) is 10.0 Å². The van der Waals surface area contributed by atoms with Crippen molar-refractivity contribution < 1.29 is 9.59 Å². The number of hydrogen-bond donors (Lipinski definition) is 0. The van der Waals surface area contributed by atoms with Crippen LogP contribution >= 0.6 is 23.2 Å². The molecule has 1 aromatic rings. The van der Waals surface area contributed by atoms with Crippen LogP contribution in [-0.2, 0) is 9.59 Å². The fourth-order valence-corrected chi connectivity index (χ4v) is 3.94. The monoisotopic (exact) mass is 384 g/mol. The molecule has 25 heavy (non-hydrogen) atoms. The fraction of sp³-hybridized carbons (Fsp3) is 0.579. The highest BCUT2D eigenvalue weighted by Gasteiger charge is 2.37. The largest absolute Gasteiger partial charge is 0.369 e. The molecule has 1 saturated heterocycles. The van der Waals surface area contributed by atoms with Crippen LogP contribution in [0.1, 0.15) is 27.2 Å². The predicted octanol–water partition coefficient (Wildman–Crippen LogP) is 3.94. The molecule has 6 heteroatoms. The van der Waals surface area contributed by atoms with Gasteiger partial charge in [-0.2, -0.15) is 0 Å². The molecule has 1 unspecified atom stereocenters. The van der Waals surface area contributed by atoms with Gasteiger partial charge in [0.2, 0.25) is 0 Å². The quantitative estimate of drug-likeness (QED) is 0.667. The topological polar surface area (TPSA) is 40.6 Å². The Kier molecular flexibility index (Phi) is 6.89. The van der Waals surface area contributed by atoms with Crippen molar-refractivity contribution in [1.82, 2.24) is 4.90 Å². The molecule has 0 aliphatic carbocycles. The fourth-order valence-electron chi connectivity index (χ4n) is 3.42. The van der Waals surface area contributed by atoms with Crippen LogP contribution in [0.3, 0.4) is 0 Å². The van der Waals surface area contributed by atoms with E-state index in [0.29, 0.717) is 23.0 Å². The van der Waals surface area contributed by atoms with E-state index in [-0.39, 0.29) is 11.7 Å². The molecule has 1 heterocycles. The molecule has 0 aromatic heterocycles. The summed E-state index contributed by atoms with van der Waals surface area (Å²) in [6, 6.07) is 5.57. The van der Waals surface area contributed by atoms with Gasteiger partial charge in [0.1, 0.15) is 12.1 Å². The van der Waals surface area contributed by atoms with E-state index in [0.717, 1.165) is 38.2 Å². The predicted molar refractivity (Wildman–Crippen MR) is 104 cm³/mol. The van der Waals surface area contributed by atoms with E-state index >= 15 is 0 Å². The minimum atomic E-state index is -0.604. The van der Waals surface area contributed by atoms with Crippen LogP contribution in [0.5, 0.6) is 0 Å². The lowest BCUT2D eigenvalue weighted by Gasteiger charge is -2.41. The smallest absolute Gasteiger partial charge is 0.130 e. The van der Waals surface area contributed by atoms with Crippen molar-refractivity contribution in [3.05, 3.63) is 28.2 Å². The van der Waals surface area contributed by atoms with Gasteiger partial charge in [-0.05, 0) is 31.0 Å². The number of ketones is 1. The summed E-state index contributed by atoms with van der Waals surface area (Å²) in [4.78, 5) is 28.0. The van der Waals surface area contributed by atoms with Gasteiger partial charge < -0.3 is 9.69 Å². The molecule has 1 fully saturated rings. The van der Waals surface area contributed by atoms with Gasteiger partial charge in [-0.15, -0.1) is 0 Å². The van der Waals surface area contributed by atoms with Gasteiger partial charge in [0.25, 0.3) is 0 Å². The zero-order chi connectivity index (χ0) is 18.6. The van der Waals surface area contributed by atoms with Gasteiger partial charge in [-0.1, -0.05) is 37.0 Å². The molecule has 0 spiro atoms. The number of carbonyl (C=O) groups excluding carboxylic acids is 2. The van der Waals surface area contributed by atoms with E-state index in [1.54, 1.807) is 13.0 Å². The lowest BCUT2D eigenvalue weighted by atomic mass is 9.74. The Morgan fingerprint density at radius 2 is 1.72 bits per heavy atom. The first kappa shape index (κ1) is 20.2. The molecule has 0 radical (unpaired) electrons. The summed E-state index contributed by atoms with van der Waals surface area (Å²) < 4.78 is 0. The second kappa shape index (κ2) is 8.52. The highest BCUT2D eigenvalue weighted by atomic mass is 35.5. The van der Waals surface area contributed by atoms with E-state index in [4.69, 9.17) is 23.2 Å². The number of Topliss-reactive ketones (excluding diaryl/α,β-unsaturated/α-hetero) is 1. The third-order valence-corrected chi connectivity index (χ3v) is 5.50. The maximum atomic E-state index is 11.8. The third-order valence-electron chi connectivity index (χ3n) is 5.07. The Hall–Kier alpha value is -1.10. The van der Waals surface area contributed by atoms with Crippen molar-refractivity contribution in [3.8, 4) is 0 Å². The van der Waals surface area contributed by atoms with Crippen molar-refractivity contribution in [2.75, 3.05) is 37.6 Å². The van der Waals surface area contributed by atoms with Gasteiger partial charge in [0.05, 0.1) is 0 Å². The lowest BCUT2D eigenvalue weighted by molar-refractivity contribution is -0.128. The van der Waals surface area contributed by atoms with Crippen molar-refractivity contribution in [2.24, 2.45) is 11.3 Å². The Balaban J connectivity index is 2.03. The summed E-state index contributed by atoms with van der Waals surface area (Å²) in [5, 5.41) is 1.26. The van der Waals surface area contributed by atoms with Gasteiger partial charge in [0.15, 0.2) is 0 Å². The third kappa shape index (κ3) is 5.19. The van der Waals surface area contributed by atoms with Crippen molar-refractivity contribution in [3.63, 3.8) is 0 Å². The van der Waals surface area contributed by atoms with Crippen molar-refractivity contribution in [2.45, 2.75) is 27.2 Å². The van der Waals surface area contributed by atoms with Crippen molar-refractivity contribution in [1.29, 1.82) is 0 Å². The summed E-state index contributed by atoms with van der Waals surface area (Å²) in [5.74, 6) is 0.187. The zero-order valence-electron chi connectivity index (χ0n) is 15.1. The molecular weight excluding hydrogens is 359 g/mol. The number of anilines is 1. The van der Waals surface area contributed by atoms with Crippen LogP contribution < -0.4 is 4.90 Å². The molecular formula is C19H26Cl2N2O2. The van der Waals surface area contributed by atoms with E-state index in [2.05, 4.69) is 9.80 Å². The highest BCUT2D eigenvalue weighted by Crippen LogP contribution is 2.32. The maximum Gasteiger partial charge on any atom is 0.130 e. The minimum Gasteiger partial charge on any atom is -0.369 e. The van der Waals surface area contributed by atoms with Crippen LogP contribution in [0.15, 0.2) is 18.2 Å². The second-order valence-electron chi connectivity index (χ2n) is 7.28. The van der Waals surface area contributed by atoms with Crippen LogP contribution in [0.4, 0.5) is 5.69 Å². The zero-order valence-corrected chi connectivity index (χ0v) is 16.6. The van der Waals surface area contributed by atoms with E-state index < -0.39 is 5.41 Å². The first-order valence-corrected chi connectivity index (χ1v) is 9.40. The molecule has 1 aliphatic heterocycles. The number of carbonyl (C=O) groups is 2. The summed E-state index contributed by atoms with van der Waals surface area (Å²) >= 11 is 12.2. The SMILES string of the molecule is CC(=O)CC(C=O)(CN1CCN(c2cc(Cl)cc(Cl)c2)CC1)C(C)C. The lowest BCUT2D eigenvalue weighted by Crippen LogP contribution is -2.52. The Labute approximate surface area is 160 Å². The summed E-state index contributed by atoms with van der Waals surface area (Å²) in [6.45, 7) is 9.56. The molecule has 0 saturated carbocycles. The van der Waals surface area contributed by atoms with Gasteiger partial charge in [0, 0.05) is 60.3 Å². The van der Waals surface area contributed by atoms with Gasteiger partial charge in [-0.25, -0.2) is 0 Å². The molecule has 0 N–H and O–H groups in total. The van der Waals surface area contributed by atoms with E-state index in [1.807, 2.05) is 26.0 Å². The van der Waals surface area contributed by atoms with Crippen LogP contribution in [0, 0.1) is 11.3 Å². The molecule has 2 rings (SSSR count). The number of piperazine rings is 1. The Bertz CT molecular complexity index is 608. The standard InChI is InChI=1S/C19H26Cl2N2O2/c1-14(2)19(13-24,11-15(3)25)12-22-4-6-23(7-5-22)18-9-16(20)8-17(21)10-18/h8-10,13-14H,4-7,11-12H2,1-3H3. The summed E-state index contributed by atoms with van der Waals surface area (Å²) in [5.41, 5.74) is 0.416. The molecule has 4 nitrogen and oxygen atoms in total. The van der Waals surface area contributed by atoms with Gasteiger partial charge in [-0.3, -0.25) is 9.69 Å². The number of rotatable bonds is 7. The number of nitrogens with zero attached hydrogens (tertiary/aromatic N) is 2. The van der Waals surface area contributed by atoms with E-state index in [9.17, 15) is 9.59 Å². The first-order chi connectivity index (χ1) is 11.8. The molecule has 1 atom stereocenters. The molecule has 0 bridgehead atoms. The summed E-state index contributed by atoms with van der Waals surface area (Å²) in [7, 11) is 0. The average Bonchev–Trinajstić information content (AvgIpc) is 2.53. The van der Waals surface area contributed by atoms with Gasteiger partial charge >= 0.3 is 0 Å². The van der Waals surface area contributed by atoms with Crippen LogP contribution in [0.25, 0.3) is 0 Å². The molecule has 0 amide bonds. The number of hydrogen-bond acceptors (Lipinski definition) is 4. The minimum absolute atomic E-state index is 0.0630. The number of benzene rings is 1. The number of halogens is 2. The van der Waals surface area contributed by atoms with Crippen molar-refractivity contribution >= 4 is 41.0 Å². The first-order valence-electron chi connectivity index (χ1n) is 8.65. The normalized spacial score (nSPS) is 18.2. The van der Waals surface area contributed by atoms with Crippen LogP contribution in [-0.4, -0.2) is 49.7 Å². The Morgan fingerprint density at radius 1 is 1.16 bits per heavy atom. The average molecular weight is 385 g/mol. The summed E-state index contributed by atoms with van der Waals surface area (Å²) in [6.07, 6.45) is 1.29. The maximum absolute atomic E-state index is 11.8. The van der Waals surface area contributed by atoms with E-state index in [1.165, 1.54) is 0 Å². The molecule has 138 valence electrons. The molecule has 1 aromatic carbocycles. The second-order valence-corrected chi connectivity index (χ2v) is 8.15. The highest BCUT2D eigenvalue weighted by molar-refractivity contribution is 6.35. The Morgan fingerprint density at radius 3 is 2.16 bits per heavy atom.